The van der Waals surface area contributed by atoms with Crippen molar-refractivity contribution < 1.29 is 4.79 Å². The van der Waals surface area contributed by atoms with E-state index >= 15 is 0 Å². The first-order valence-corrected chi connectivity index (χ1v) is 21.4. The van der Waals surface area contributed by atoms with Crippen LogP contribution in [0.4, 0.5) is 0 Å². The molecule has 1 aromatic heterocycles. The molecule has 0 unspecified atom stereocenters. The van der Waals surface area contributed by atoms with Gasteiger partial charge in [-0.3, -0.25) is 4.79 Å². The average molecular weight is 762 g/mol. The van der Waals surface area contributed by atoms with Crippen molar-refractivity contribution in [2.45, 2.75) is 119 Å². The van der Waals surface area contributed by atoms with Crippen molar-refractivity contribution in [3.63, 3.8) is 0 Å². The first-order chi connectivity index (χ1) is 26.1. The fourth-order valence-electron chi connectivity index (χ4n) is 7.83. The lowest BCUT2D eigenvalue weighted by Gasteiger charge is -2.26. The summed E-state index contributed by atoms with van der Waals surface area (Å²) in [6.07, 6.45) is 0. The Labute approximate surface area is 342 Å². The zero-order chi connectivity index (χ0) is 41.0. The van der Waals surface area contributed by atoms with Crippen LogP contribution in [0.5, 0.6) is 0 Å². The van der Waals surface area contributed by atoms with Gasteiger partial charge in [0.05, 0.1) is 0 Å². The molecule has 1 heterocycles. The first kappa shape index (κ1) is 41.2. The highest BCUT2D eigenvalue weighted by atomic mass is 32.1. The molecule has 0 aliphatic carbocycles. The molecule has 0 saturated carbocycles. The van der Waals surface area contributed by atoms with Crippen LogP contribution in [-0.2, 0) is 21.7 Å². The quantitative estimate of drug-likeness (QED) is 0.159. The Morgan fingerprint density at radius 2 is 0.732 bits per heavy atom. The molecule has 6 rings (SSSR count). The summed E-state index contributed by atoms with van der Waals surface area (Å²) in [6.45, 7) is 32.7. The Morgan fingerprint density at radius 1 is 0.446 bits per heavy atom. The third kappa shape index (κ3) is 8.03. The molecule has 0 spiro atoms. The summed E-state index contributed by atoms with van der Waals surface area (Å²) in [6, 6.07) is 36.8. The molecule has 1 amide bonds. The van der Waals surface area contributed by atoms with Crippen LogP contribution in [0, 0.1) is 0 Å². The summed E-state index contributed by atoms with van der Waals surface area (Å²) in [5, 5.41) is 4.41. The second-order valence-corrected chi connectivity index (χ2v) is 20.5. The number of nitrogens with zero attached hydrogens (tertiary/aromatic N) is 1. The summed E-state index contributed by atoms with van der Waals surface area (Å²) in [4.78, 5) is 17.4. The number of hydrogen-bond acceptors (Lipinski definition) is 2. The van der Waals surface area contributed by atoms with Gasteiger partial charge in [-0.1, -0.05) is 180 Å². The van der Waals surface area contributed by atoms with Gasteiger partial charge in [0, 0.05) is 29.2 Å². The summed E-state index contributed by atoms with van der Waals surface area (Å²) < 4.78 is 0. The largest absolute Gasteiger partial charge is 0.338 e. The van der Waals surface area contributed by atoms with Crippen LogP contribution in [-0.4, -0.2) is 23.9 Å². The highest BCUT2D eigenvalue weighted by molar-refractivity contribution is 7.14. The van der Waals surface area contributed by atoms with Crippen molar-refractivity contribution in [3.05, 3.63) is 130 Å². The first-order valence-electron chi connectivity index (χ1n) is 20.5. The van der Waals surface area contributed by atoms with Gasteiger partial charge < -0.3 is 4.90 Å². The molecule has 0 aliphatic rings. The van der Waals surface area contributed by atoms with Crippen molar-refractivity contribution in [2.75, 3.05) is 13.1 Å². The second-order valence-electron chi connectivity index (χ2n) is 19.6. The fraction of sp³-hybridized carbons (Fsp3) is 0.377. The van der Waals surface area contributed by atoms with Gasteiger partial charge in [0.1, 0.15) is 4.88 Å². The van der Waals surface area contributed by atoms with Crippen LogP contribution < -0.4 is 0 Å². The highest BCUT2D eigenvalue weighted by Gasteiger charge is 2.30. The van der Waals surface area contributed by atoms with E-state index in [4.69, 9.17) is 0 Å². The molecular formula is C53H63NOS. The van der Waals surface area contributed by atoms with Crippen molar-refractivity contribution in [2.24, 2.45) is 0 Å². The van der Waals surface area contributed by atoms with Crippen LogP contribution in [0.2, 0.25) is 0 Å². The zero-order valence-electron chi connectivity index (χ0n) is 36.5. The van der Waals surface area contributed by atoms with E-state index in [1.807, 2.05) is 4.90 Å². The minimum Gasteiger partial charge on any atom is -0.338 e. The number of carbonyl (C=O) groups is 1. The van der Waals surface area contributed by atoms with Crippen LogP contribution in [0.25, 0.3) is 55.3 Å². The van der Waals surface area contributed by atoms with Crippen LogP contribution in [0.3, 0.4) is 0 Å². The van der Waals surface area contributed by atoms with E-state index in [1.165, 1.54) is 38.9 Å². The Bertz CT molecular complexity index is 2320. The van der Waals surface area contributed by atoms with E-state index in [0.717, 1.165) is 43.5 Å². The average Bonchev–Trinajstić information content (AvgIpc) is 3.58. The summed E-state index contributed by atoms with van der Waals surface area (Å²) in [7, 11) is 0. The molecule has 292 valence electrons. The molecule has 2 nitrogen and oxygen atoms in total. The number of amides is 1. The van der Waals surface area contributed by atoms with E-state index < -0.39 is 0 Å². The Morgan fingerprint density at radius 3 is 1.04 bits per heavy atom. The Hall–Kier alpha value is -4.47. The van der Waals surface area contributed by atoms with Gasteiger partial charge in [-0.05, 0) is 102 Å². The monoisotopic (exact) mass is 761 g/mol. The molecule has 0 saturated heterocycles. The molecular weight excluding hydrogens is 699 g/mol. The maximum absolute atomic E-state index is 14.7. The predicted octanol–water partition coefficient (Wildman–Crippen LogP) is 15.2. The van der Waals surface area contributed by atoms with Crippen molar-refractivity contribution in [1.29, 1.82) is 0 Å². The normalized spacial score (nSPS) is 12.7. The number of hydrogen-bond donors (Lipinski definition) is 0. The molecule has 0 fully saturated rings. The minimum absolute atomic E-state index is 0.00869. The van der Waals surface area contributed by atoms with Gasteiger partial charge in [-0.15, -0.1) is 11.3 Å². The van der Waals surface area contributed by atoms with Crippen LogP contribution >= 0.6 is 11.3 Å². The number of rotatable bonds is 7. The van der Waals surface area contributed by atoms with Gasteiger partial charge in [0.2, 0.25) is 0 Å². The molecule has 0 aliphatic heterocycles. The van der Waals surface area contributed by atoms with E-state index in [0.29, 0.717) is 13.1 Å². The molecule has 56 heavy (non-hydrogen) atoms. The summed E-state index contributed by atoms with van der Waals surface area (Å²) in [5.74, 6) is 0.0907. The Balaban J connectivity index is 1.87. The molecule has 0 bridgehead atoms. The zero-order valence-corrected chi connectivity index (χ0v) is 37.3. The standard InChI is InChI=1S/C53H63NOS/c1-15-54(16-2)49(55)48-47-42(33-56-48)43(34-17-25-38(26-18-34)50(3,4)5)44(35-19-27-39(28-20-35)51(6,7)8)45(36-21-29-40(30-22-36)52(9,10)11)46(47)37-23-31-41(32-24-37)53(12,13)14/h17-33H,15-16H2,1-14H3. The van der Waals surface area contributed by atoms with Gasteiger partial charge in [-0.2, -0.15) is 0 Å². The molecule has 0 atom stereocenters. The lowest BCUT2D eigenvalue weighted by atomic mass is 9.77. The number of fused-ring (bicyclic) bond motifs is 1. The third-order valence-corrected chi connectivity index (χ3v) is 12.4. The smallest absolute Gasteiger partial charge is 0.264 e. The summed E-state index contributed by atoms with van der Waals surface area (Å²) in [5.41, 5.74) is 14.5. The van der Waals surface area contributed by atoms with Gasteiger partial charge in [0.25, 0.3) is 5.91 Å². The van der Waals surface area contributed by atoms with Crippen molar-refractivity contribution in [1.82, 2.24) is 4.90 Å². The maximum Gasteiger partial charge on any atom is 0.264 e. The van der Waals surface area contributed by atoms with Crippen molar-refractivity contribution in [3.8, 4) is 44.5 Å². The van der Waals surface area contributed by atoms with Gasteiger partial charge >= 0.3 is 0 Å². The SMILES string of the molecule is CCN(CC)C(=O)c1scc2c(-c3ccc(C(C)(C)C)cc3)c(-c3ccc(C(C)(C)C)cc3)c(-c3ccc(C(C)(C)C)cc3)c(-c3ccc(C(C)(C)C)cc3)c12. The molecule has 0 radical (unpaired) electrons. The van der Waals surface area contributed by atoms with E-state index in [1.54, 1.807) is 11.3 Å². The van der Waals surface area contributed by atoms with E-state index in [9.17, 15) is 4.79 Å². The fourth-order valence-corrected chi connectivity index (χ4v) is 8.86. The second kappa shape index (κ2) is 15.1. The lowest BCUT2D eigenvalue weighted by Crippen LogP contribution is -2.30. The van der Waals surface area contributed by atoms with E-state index in [2.05, 4.69) is 199 Å². The topological polar surface area (TPSA) is 20.3 Å². The predicted molar refractivity (Wildman–Crippen MR) is 246 cm³/mol. The molecule has 3 heteroatoms. The highest BCUT2D eigenvalue weighted by Crippen LogP contribution is 2.53. The number of carbonyl (C=O) groups excluding carboxylic acids is 1. The number of benzene rings is 5. The maximum atomic E-state index is 14.7. The van der Waals surface area contributed by atoms with E-state index in [-0.39, 0.29) is 27.6 Å². The number of thiophene rings is 1. The Kier molecular flexibility index (Phi) is 11.1. The molecule has 0 N–H and O–H groups in total. The van der Waals surface area contributed by atoms with Gasteiger partial charge in [-0.25, -0.2) is 0 Å². The van der Waals surface area contributed by atoms with Crippen molar-refractivity contribution >= 4 is 28.0 Å². The molecule has 6 aromatic rings. The van der Waals surface area contributed by atoms with Crippen LogP contribution in [0.1, 0.15) is 129 Å². The van der Waals surface area contributed by atoms with Crippen LogP contribution in [0.15, 0.2) is 102 Å². The molecule has 5 aromatic carbocycles. The third-order valence-electron chi connectivity index (χ3n) is 11.5. The minimum atomic E-state index is 0.00869. The summed E-state index contributed by atoms with van der Waals surface area (Å²) >= 11 is 1.59. The van der Waals surface area contributed by atoms with Gasteiger partial charge in [0.15, 0.2) is 0 Å². The lowest BCUT2D eigenvalue weighted by molar-refractivity contribution is 0.0779.